The van der Waals surface area contributed by atoms with Crippen LogP contribution in [0.5, 0.6) is 0 Å². The average Bonchev–Trinajstić information content (AvgIpc) is 2.26. The lowest BCUT2D eigenvalue weighted by Crippen LogP contribution is -2.23. The number of pyridine rings is 1. The van der Waals surface area contributed by atoms with E-state index < -0.39 is 0 Å². The minimum atomic E-state index is -0.104. The zero-order valence-corrected chi connectivity index (χ0v) is 10.4. The minimum Gasteiger partial charge on any atom is -0.304 e. The maximum atomic E-state index is 12.1. The molecule has 1 aromatic carbocycles. The smallest absolute Gasteiger partial charge is 0.270 e. The summed E-state index contributed by atoms with van der Waals surface area (Å²) in [6, 6.07) is 7.96. The first kappa shape index (κ1) is 11.2. The molecule has 0 bridgehead atoms. The molecule has 16 heavy (non-hydrogen) atoms. The summed E-state index contributed by atoms with van der Waals surface area (Å²) in [4.78, 5) is 12.1. The second-order valence-corrected chi connectivity index (χ2v) is 4.60. The number of aryl methyl sites for hydroxylation is 1. The summed E-state index contributed by atoms with van der Waals surface area (Å²) in [6.07, 6.45) is 0. The van der Waals surface area contributed by atoms with Crippen LogP contribution in [0.2, 0.25) is 5.02 Å². The van der Waals surface area contributed by atoms with Crippen LogP contribution in [0.15, 0.2) is 29.1 Å². The lowest BCUT2D eigenvalue weighted by atomic mass is 10.1. The number of halogens is 1. The van der Waals surface area contributed by atoms with Crippen molar-refractivity contribution in [1.82, 2.24) is 4.57 Å². The quantitative estimate of drug-likeness (QED) is 0.741. The third-order valence-electron chi connectivity index (χ3n) is 2.82. The summed E-state index contributed by atoms with van der Waals surface area (Å²) in [5.41, 5.74) is 1.71. The Morgan fingerprint density at radius 2 is 1.88 bits per heavy atom. The molecule has 1 aromatic heterocycles. The molecule has 0 saturated carbocycles. The predicted octanol–water partition coefficient (Wildman–Crippen LogP) is 3.54. The van der Waals surface area contributed by atoms with Crippen LogP contribution in [-0.2, 0) is 0 Å². The number of nitrogens with zero attached hydrogens (tertiary/aromatic N) is 1. The minimum absolute atomic E-state index is 0.104. The van der Waals surface area contributed by atoms with Gasteiger partial charge in [-0.05, 0) is 32.4 Å². The maximum absolute atomic E-state index is 12.1. The van der Waals surface area contributed by atoms with Crippen LogP contribution in [0, 0.1) is 6.92 Å². The zero-order valence-electron chi connectivity index (χ0n) is 9.62. The van der Waals surface area contributed by atoms with Crippen LogP contribution < -0.4 is 5.56 Å². The van der Waals surface area contributed by atoms with Gasteiger partial charge in [0, 0.05) is 11.4 Å². The third kappa shape index (κ3) is 1.54. The van der Waals surface area contributed by atoms with Gasteiger partial charge in [0.1, 0.15) is 5.02 Å². The topological polar surface area (TPSA) is 22.0 Å². The van der Waals surface area contributed by atoms with Crippen LogP contribution in [0.1, 0.15) is 25.5 Å². The number of para-hydroxylation sites is 1. The molecule has 2 aromatic rings. The third-order valence-corrected chi connectivity index (χ3v) is 3.26. The molecule has 0 aliphatic rings. The number of benzene rings is 1. The molecule has 0 atom stereocenters. The summed E-state index contributed by atoms with van der Waals surface area (Å²) < 4.78 is 1.74. The van der Waals surface area contributed by atoms with Gasteiger partial charge in [0.2, 0.25) is 0 Å². The highest BCUT2D eigenvalue weighted by molar-refractivity contribution is 6.32. The Labute approximate surface area is 99.5 Å². The van der Waals surface area contributed by atoms with Crippen molar-refractivity contribution in [1.29, 1.82) is 0 Å². The van der Waals surface area contributed by atoms with Crippen molar-refractivity contribution in [2.24, 2.45) is 0 Å². The standard InChI is InChI=1S/C13H14ClNO/c1-8(2)15-11-7-5-4-6-10(11)9(3)12(14)13(15)16/h4-8H,1-3H3. The normalized spacial score (nSPS) is 11.3. The average molecular weight is 236 g/mol. The molecule has 0 spiro atoms. The van der Waals surface area contributed by atoms with Crippen LogP contribution in [0.25, 0.3) is 10.9 Å². The number of fused-ring (bicyclic) bond motifs is 1. The van der Waals surface area contributed by atoms with Crippen molar-refractivity contribution < 1.29 is 0 Å². The van der Waals surface area contributed by atoms with Gasteiger partial charge in [-0.1, -0.05) is 29.8 Å². The lowest BCUT2D eigenvalue weighted by molar-refractivity contribution is 0.600. The van der Waals surface area contributed by atoms with Crippen molar-refractivity contribution in [2.45, 2.75) is 26.8 Å². The van der Waals surface area contributed by atoms with Crippen molar-refractivity contribution in [2.75, 3.05) is 0 Å². The SMILES string of the molecule is Cc1c(Cl)c(=O)n(C(C)C)c2ccccc12. The van der Waals surface area contributed by atoms with E-state index in [2.05, 4.69) is 0 Å². The first-order valence-corrected chi connectivity index (χ1v) is 5.71. The fraction of sp³-hybridized carbons (Fsp3) is 0.308. The number of hydrogen-bond acceptors (Lipinski definition) is 1. The molecule has 84 valence electrons. The summed E-state index contributed by atoms with van der Waals surface area (Å²) in [7, 11) is 0. The summed E-state index contributed by atoms with van der Waals surface area (Å²) in [5, 5.41) is 1.37. The molecule has 0 amide bonds. The van der Waals surface area contributed by atoms with E-state index >= 15 is 0 Å². The monoisotopic (exact) mass is 235 g/mol. The molecule has 0 aliphatic heterocycles. The Kier molecular flexibility index (Phi) is 2.76. The molecule has 2 nitrogen and oxygen atoms in total. The van der Waals surface area contributed by atoms with Crippen LogP contribution in [0.3, 0.4) is 0 Å². The highest BCUT2D eigenvalue weighted by Gasteiger charge is 2.13. The second-order valence-electron chi connectivity index (χ2n) is 4.23. The second kappa shape index (κ2) is 3.95. The molecule has 0 radical (unpaired) electrons. The predicted molar refractivity (Wildman–Crippen MR) is 68.3 cm³/mol. The van der Waals surface area contributed by atoms with E-state index in [0.717, 1.165) is 16.5 Å². The Hall–Kier alpha value is -1.28. The van der Waals surface area contributed by atoms with Gasteiger partial charge < -0.3 is 4.57 Å². The fourth-order valence-corrected chi connectivity index (χ4v) is 2.20. The number of hydrogen-bond donors (Lipinski definition) is 0. The number of aromatic nitrogens is 1. The van der Waals surface area contributed by atoms with Crippen molar-refractivity contribution in [3.63, 3.8) is 0 Å². The van der Waals surface area contributed by atoms with Crippen molar-refractivity contribution in [3.8, 4) is 0 Å². The Balaban J connectivity index is 3.04. The zero-order chi connectivity index (χ0) is 11.9. The molecule has 2 rings (SSSR count). The largest absolute Gasteiger partial charge is 0.304 e. The van der Waals surface area contributed by atoms with Gasteiger partial charge in [-0.2, -0.15) is 0 Å². The van der Waals surface area contributed by atoms with E-state index in [1.54, 1.807) is 4.57 Å². The van der Waals surface area contributed by atoms with Crippen molar-refractivity contribution in [3.05, 3.63) is 45.2 Å². The molecule has 3 heteroatoms. The van der Waals surface area contributed by atoms with Gasteiger partial charge >= 0.3 is 0 Å². The van der Waals surface area contributed by atoms with Crippen LogP contribution in [-0.4, -0.2) is 4.57 Å². The summed E-state index contributed by atoms with van der Waals surface area (Å²) >= 11 is 6.07. The van der Waals surface area contributed by atoms with E-state index in [1.165, 1.54) is 0 Å². The molecular weight excluding hydrogens is 222 g/mol. The summed E-state index contributed by atoms with van der Waals surface area (Å²) in [5.74, 6) is 0. The number of rotatable bonds is 1. The van der Waals surface area contributed by atoms with E-state index in [-0.39, 0.29) is 11.6 Å². The first-order chi connectivity index (χ1) is 7.54. The van der Waals surface area contributed by atoms with Gasteiger partial charge in [-0.25, -0.2) is 0 Å². The fourth-order valence-electron chi connectivity index (χ4n) is 2.01. The molecule has 0 unspecified atom stereocenters. The lowest BCUT2D eigenvalue weighted by Gasteiger charge is -2.16. The van der Waals surface area contributed by atoms with E-state index in [1.807, 2.05) is 45.0 Å². The Bertz CT molecular complexity index is 599. The molecule has 0 aliphatic carbocycles. The van der Waals surface area contributed by atoms with Crippen LogP contribution >= 0.6 is 11.6 Å². The molecule has 0 N–H and O–H groups in total. The highest BCUT2D eigenvalue weighted by Crippen LogP contribution is 2.23. The van der Waals surface area contributed by atoms with E-state index in [4.69, 9.17) is 11.6 Å². The van der Waals surface area contributed by atoms with Crippen molar-refractivity contribution >= 4 is 22.5 Å². The first-order valence-electron chi connectivity index (χ1n) is 5.33. The Morgan fingerprint density at radius 1 is 1.25 bits per heavy atom. The summed E-state index contributed by atoms with van der Waals surface area (Å²) in [6.45, 7) is 5.86. The van der Waals surface area contributed by atoms with Gasteiger partial charge in [0.05, 0.1) is 5.52 Å². The van der Waals surface area contributed by atoms with Gasteiger partial charge in [0.25, 0.3) is 5.56 Å². The van der Waals surface area contributed by atoms with Crippen LogP contribution in [0.4, 0.5) is 0 Å². The molecule has 0 saturated heterocycles. The van der Waals surface area contributed by atoms with E-state index in [9.17, 15) is 4.79 Å². The maximum Gasteiger partial charge on any atom is 0.270 e. The van der Waals surface area contributed by atoms with Gasteiger partial charge in [-0.15, -0.1) is 0 Å². The highest BCUT2D eigenvalue weighted by atomic mass is 35.5. The molecule has 0 fully saturated rings. The van der Waals surface area contributed by atoms with Gasteiger partial charge in [-0.3, -0.25) is 4.79 Å². The molecule has 1 heterocycles. The van der Waals surface area contributed by atoms with Gasteiger partial charge in [0.15, 0.2) is 0 Å². The molecular formula is C13H14ClNO. The van der Waals surface area contributed by atoms with E-state index in [0.29, 0.717) is 5.02 Å². The Morgan fingerprint density at radius 3 is 2.50 bits per heavy atom.